The van der Waals surface area contributed by atoms with Crippen LogP contribution in [0.5, 0.6) is 5.88 Å². The van der Waals surface area contributed by atoms with Crippen LogP contribution in [0, 0.1) is 0 Å². The molecule has 0 spiro atoms. The van der Waals surface area contributed by atoms with E-state index in [1.807, 2.05) is 20.0 Å². The Balaban J connectivity index is 1.67. The minimum Gasteiger partial charge on any atom is -0.479 e. The molecule has 2 aromatic heterocycles. The number of nitrogens with zero attached hydrogens (tertiary/aromatic N) is 5. The highest BCUT2D eigenvalue weighted by molar-refractivity contribution is 5.51. The minimum atomic E-state index is -0.375. The third-order valence-corrected chi connectivity index (χ3v) is 4.99. The topological polar surface area (TPSA) is 99.8 Å². The van der Waals surface area contributed by atoms with E-state index in [0.29, 0.717) is 31.2 Å². The van der Waals surface area contributed by atoms with Gasteiger partial charge in [-0.25, -0.2) is 9.97 Å². The predicted octanol–water partition coefficient (Wildman–Crippen LogP) is 1.22. The quantitative estimate of drug-likeness (QED) is 0.704. The van der Waals surface area contributed by atoms with E-state index < -0.39 is 0 Å². The van der Waals surface area contributed by atoms with Crippen LogP contribution >= 0.6 is 0 Å². The number of hydrogen-bond donors (Lipinski definition) is 2. The smallest absolute Gasteiger partial charge is 0.254 e. The number of aliphatic hydroxyl groups is 1. The highest BCUT2D eigenvalue weighted by atomic mass is 16.5. The van der Waals surface area contributed by atoms with Crippen LogP contribution in [0.4, 0.5) is 11.6 Å². The third-order valence-electron chi connectivity index (χ3n) is 4.99. The Morgan fingerprint density at radius 3 is 2.96 bits per heavy atom. The predicted molar refractivity (Wildman–Crippen MR) is 102 cm³/mol. The average Bonchev–Trinajstić information content (AvgIpc) is 3.32. The summed E-state index contributed by atoms with van der Waals surface area (Å²) in [7, 11) is 3.56. The molecule has 3 heterocycles. The fourth-order valence-corrected chi connectivity index (χ4v) is 3.22. The van der Waals surface area contributed by atoms with Crippen molar-refractivity contribution in [3.8, 4) is 5.88 Å². The highest BCUT2D eigenvalue weighted by Gasteiger charge is 2.32. The number of rotatable bonds is 8. The number of aliphatic hydroxyl groups excluding tert-OH is 1. The molecule has 2 N–H and O–H groups in total. The zero-order valence-electron chi connectivity index (χ0n) is 16.3. The van der Waals surface area contributed by atoms with E-state index >= 15 is 0 Å². The van der Waals surface area contributed by atoms with Crippen LogP contribution < -0.4 is 19.9 Å². The lowest BCUT2D eigenvalue weighted by Crippen LogP contribution is -2.39. The molecule has 1 aliphatic rings. The first-order valence-corrected chi connectivity index (χ1v) is 9.23. The van der Waals surface area contributed by atoms with Crippen molar-refractivity contribution >= 4 is 11.6 Å². The van der Waals surface area contributed by atoms with Gasteiger partial charge in [0.25, 0.3) is 5.88 Å². The van der Waals surface area contributed by atoms with Gasteiger partial charge in [-0.15, -0.1) is 0 Å². The summed E-state index contributed by atoms with van der Waals surface area (Å²) in [5, 5.41) is 17.5. The normalized spacial score (nSPS) is 20.7. The average molecular weight is 376 g/mol. The van der Waals surface area contributed by atoms with Crippen molar-refractivity contribution in [1.82, 2.24) is 20.4 Å². The van der Waals surface area contributed by atoms with E-state index in [1.54, 1.807) is 19.5 Å². The molecule has 2 aromatic rings. The number of aromatic nitrogens is 3. The lowest BCUT2D eigenvalue weighted by Gasteiger charge is -2.27. The molecule has 0 bridgehead atoms. The van der Waals surface area contributed by atoms with Gasteiger partial charge in [-0.05, 0) is 25.4 Å². The van der Waals surface area contributed by atoms with Crippen molar-refractivity contribution in [1.29, 1.82) is 0 Å². The Morgan fingerprint density at radius 2 is 2.26 bits per heavy atom. The molecule has 0 radical (unpaired) electrons. The van der Waals surface area contributed by atoms with Crippen molar-refractivity contribution in [2.75, 3.05) is 43.6 Å². The number of nitrogens with one attached hydrogen (secondary N) is 1. The molecule has 27 heavy (non-hydrogen) atoms. The summed E-state index contributed by atoms with van der Waals surface area (Å²) < 4.78 is 10.4. The summed E-state index contributed by atoms with van der Waals surface area (Å²) in [5.41, 5.74) is 0. The van der Waals surface area contributed by atoms with Crippen LogP contribution in [0.1, 0.15) is 32.1 Å². The van der Waals surface area contributed by atoms with Gasteiger partial charge in [0, 0.05) is 44.9 Å². The second-order valence-electron chi connectivity index (χ2n) is 6.85. The van der Waals surface area contributed by atoms with Gasteiger partial charge in [0.2, 0.25) is 0 Å². The number of hydrogen-bond acceptors (Lipinski definition) is 9. The van der Waals surface area contributed by atoms with Crippen molar-refractivity contribution in [3.63, 3.8) is 0 Å². The van der Waals surface area contributed by atoms with Gasteiger partial charge in [0.1, 0.15) is 18.0 Å². The highest BCUT2D eigenvalue weighted by Crippen LogP contribution is 2.26. The molecule has 0 aromatic carbocycles. The van der Waals surface area contributed by atoms with Gasteiger partial charge in [-0.2, -0.15) is 0 Å². The van der Waals surface area contributed by atoms with Gasteiger partial charge >= 0.3 is 0 Å². The molecule has 0 amide bonds. The number of anilines is 2. The second-order valence-corrected chi connectivity index (χ2v) is 6.85. The molecule has 1 saturated heterocycles. The van der Waals surface area contributed by atoms with Crippen LogP contribution in [0.15, 0.2) is 23.0 Å². The standard InChI is InChI=1S/C18H28N6O3/c1-5-23(3)16-8-17(21-11-20-16)24-10-14(25)6-13(24)9-19-12(2)15-7-18(26-4)22-27-15/h7-8,11-14,19,25H,5-6,9-10H2,1-4H3/t12?,13-,14-/m1/s1. The molecular formula is C18H28N6O3. The van der Waals surface area contributed by atoms with Crippen molar-refractivity contribution < 1.29 is 14.4 Å². The van der Waals surface area contributed by atoms with Crippen molar-refractivity contribution in [2.45, 2.75) is 38.5 Å². The van der Waals surface area contributed by atoms with Crippen LogP contribution in [0.25, 0.3) is 0 Å². The summed E-state index contributed by atoms with van der Waals surface area (Å²) in [6.07, 6.45) is 1.89. The zero-order chi connectivity index (χ0) is 19.4. The van der Waals surface area contributed by atoms with Gasteiger partial charge in [0.05, 0.1) is 19.3 Å². The number of methoxy groups -OCH3 is 1. The van der Waals surface area contributed by atoms with Crippen LogP contribution in [-0.2, 0) is 0 Å². The molecule has 0 aliphatic carbocycles. The maximum atomic E-state index is 10.2. The Labute approximate surface area is 159 Å². The maximum Gasteiger partial charge on any atom is 0.254 e. The molecule has 3 atom stereocenters. The monoisotopic (exact) mass is 376 g/mol. The molecular weight excluding hydrogens is 348 g/mol. The van der Waals surface area contributed by atoms with Crippen LogP contribution in [-0.4, -0.2) is 66.2 Å². The van der Waals surface area contributed by atoms with Gasteiger partial charge in [-0.3, -0.25) is 0 Å². The lowest BCUT2D eigenvalue weighted by molar-refractivity contribution is 0.193. The summed E-state index contributed by atoms with van der Waals surface area (Å²) in [6.45, 7) is 6.19. The first-order valence-electron chi connectivity index (χ1n) is 9.23. The zero-order valence-corrected chi connectivity index (χ0v) is 16.3. The molecule has 1 aliphatic heterocycles. The van der Waals surface area contributed by atoms with E-state index in [9.17, 15) is 5.11 Å². The van der Waals surface area contributed by atoms with E-state index in [4.69, 9.17) is 9.26 Å². The molecule has 1 unspecified atom stereocenters. The Morgan fingerprint density at radius 1 is 1.44 bits per heavy atom. The Kier molecular flexibility index (Phi) is 6.12. The van der Waals surface area contributed by atoms with E-state index in [2.05, 4.69) is 37.2 Å². The SMILES string of the molecule is CCN(C)c1cc(N2C[C@H](O)C[C@@H]2CNC(C)c2cc(OC)no2)ncn1. The minimum absolute atomic E-state index is 0.0202. The van der Waals surface area contributed by atoms with E-state index in [0.717, 1.165) is 18.2 Å². The van der Waals surface area contributed by atoms with Gasteiger partial charge < -0.3 is 29.5 Å². The maximum absolute atomic E-state index is 10.2. The van der Waals surface area contributed by atoms with Gasteiger partial charge in [-0.1, -0.05) is 0 Å². The van der Waals surface area contributed by atoms with E-state index in [1.165, 1.54) is 0 Å². The second kappa shape index (κ2) is 8.53. The molecule has 9 heteroatoms. The van der Waals surface area contributed by atoms with Crippen molar-refractivity contribution in [2.24, 2.45) is 0 Å². The molecule has 1 fully saturated rings. The molecule has 0 saturated carbocycles. The summed E-state index contributed by atoms with van der Waals surface area (Å²) in [6, 6.07) is 3.85. The number of ether oxygens (including phenoxy) is 1. The lowest BCUT2D eigenvalue weighted by atomic mass is 10.1. The van der Waals surface area contributed by atoms with E-state index in [-0.39, 0.29) is 18.2 Å². The third kappa shape index (κ3) is 4.48. The first kappa shape index (κ1) is 19.4. The van der Waals surface area contributed by atoms with Crippen LogP contribution in [0.2, 0.25) is 0 Å². The van der Waals surface area contributed by atoms with Gasteiger partial charge in [0.15, 0.2) is 5.76 Å². The fraction of sp³-hybridized carbons (Fsp3) is 0.611. The molecule has 3 rings (SSSR count). The summed E-state index contributed by atoms with van der Waals surface area (Å²) in [5.74, 6) is 2.88. The first-order chi connectivity index (χ1) is 13.0. The van der Waals surface area contributed by atoms with Crippen LogP contribution in [0.3, 0.4) is 0 Å². The Hall–Kier alpha value is -2.39. The van der Waals surface area contributed by atoms with Crippen molar-refractivity contribution in [3.05, 3.63) is 24.2 Å². The summed E-state index contributed by atoms with van der Waals surface area (Å²) >= 11 is 0. The summed E-state index contributed by atoms with van der Waals surface area (Å²) in [4.78, 5) is 13.0. The molecule has 9 nitrogen and oxygen atoms in total. The largest absolute Gasteiger partial charge is 0.479 e. The number of β-amino-alcohol motifs (C(OH)–C–C–N with tert-alkyl or cyclic N) is 1. The Bertz CT molecular complexity index is 739. The fourth-order valence-electron chi connectivity index (χ4n) is 3.22. The molecule has 148 valence electrons.